The van der Waals surface area contributed by atoms with Gasteiger partial charge in [-0.25, -0.2) is 4.68 Å². The minimum absolute atomic E-state index is 0.107. The number of ether oxygens (including phenoxy) is 2. The van der Waals surface area contributed by atoms with Crippen LogP contribution in [-0.4, -0.2) is 35.7 Å². The maximum absolute atomic E-state index is 12.8. The maximum atomic E-state index is 12.8. The molecule has 0 fully saturated rings. The molecular weight excluding hydrogens is 362 g/mol. The van der Waals surface area contributed by atoms with Crippen molar-refractivity contribution in [3.63, 3.8) is 0 Å². The molecule has 0 saturated heterocycles. The zero-order chi connectivity index (χ0) is 20.3. The Kier molecular flexibility index (Phi) is 5.39. The molecule has 0 aliphatic heterocycles. The number of ketones is 1. The summed E-state index contributed by atoms with van der Waals surface area (Å²) in [6.45, 7) is 1.15. The third-order valence-corrected chi connectivity index (χ3v) is 4.21. The van der Waals surface area contributed by atoms with Gasteiger partial charge in [-0.3, -0.25) is 14.4 Å². The molecule has 1 heterocycles. The zero-order valence-electron chi connectivity index (χ0n) is 15.7. The number of nitrogens with one attached hydrogen (secondary N) is 1. The number of hydrogen-bond donors (Lipinski definition) is 1. The fourth-order valence-corrected chi connectivity index (χ4v) is 2.85. The molecule has 0 unspecified atom stereocenters. The highest BCUT2D eigenvalue weighted by molar-refractivity contribution is 5.97. The van der Waals surface area contributed by atoms with E-state index in [2.05, 4.69) is 10.4 Å². The fraction of sp³-hybridized carbons (Fsp3) is 0.200. The monoisotopic (exact) mass is 381 g/mol. The molecule has 0 aliphatic carbocycles. The molecule has 0 spiro atoms. The lowest BCUT2D eigenvalue weighted by Gasteiger charge is -2.12. The number of hydrogen-bond acceptors (Lipinski definition) is 6. The lowest BCUT2D eigenvalue weighted by molar-refractivity contribution is -0.117. The lowest BCUT2D eigenvalue weighted by Crippen LogP contribution is -2.29. The molecule has 8 heteroatoms. The second-order valence-corrected chi connectivity index (χ2v) is 6.06. The van der Waals surface area contributed by atoms with Gasteiger partial charge in [-0.05, 0) is 31.2 Å². The van der Waals surface area contributed by atoms with E-state index in [0.29, 0.717) is 22.4 Å². The third kappa shape index (κ3) is 3.71. The van der Waals surface area contributed by atoms with Crippen molar-refractivity contribution in [1.29, 1.82) is 0 Å². The van der Waals surface area contributed by atoms with Crippen molar-refractivity contribution in [2.45, 2.75) is 13.5 Å². The number of aromatic nitrogens is 2. The van der Waals surface area contributed by atoms with Crippen molar-refractivity contribution in [3.8, 4) is 11.5 Å². The molecule has 2 aromatic carbocycles. The zero-order valence-corrected chi connectivity index (χ0v) is 15.7. The number of benzene rings is 2. The number of Topliss-reactive ketones (excluding diaryl/α,β-unsaturated/α-hetero) is 1. The van der Waals surface area contributed by atoms with Crippen molar-refractivity contribution < 1.29 is 19.1 Å². The minimum atomic E-state index is -0.471. The summed E-state index contributed by atoms with van der Waals surface area (Å²) in [5.41, 5.74) is 0.474. The van der Waals surface area contributed by atoms with Crippen LogP contribution < -0.4 is 20.3 Å². The van der Waals surface area contributed by atoms with Crippen LogP contribution in [0.15, 0.2) is 47.4 Å². The third-order valence-electron chi connectivity index (χ3n) is 4.21. The minimum Gasteiger partial charge on any atom is -0.493 e. The van der Waals surface area contributed by atoms with Gasteiger partial charge in [0, 0.05) is 16.6 Å². The maximum Gasteiger partial charge on any atom is 0.279 e. The Balaban J connectivity index is 1.91. The Bertz CT molecular complexity index is 1120. The molecule has 144 valence electrons. The van der Waals surface area contributed by atoms with Gasteiger partial charge >= 0.3 is 0 Å². The number of nitrogens with zero attached hydrogens (tertiary/aromatic N) is 2. The Morgan fingerprint density at radius 1 is 1.14 bits per heavy atom. The van der Waals surface area contributed by atoms with Crippen LogP contribution in [0.4, 0.5) is 5.69 Å². The van der Waals surface area contributed by atoms with Crippen LogP contribution in [0.3, 0.4) is 0 Å². The molecule has 1 N–H and O–H groups in total. The summed E-state index contributed by atoms with van der Waals surface area (Å²) in [4.78, 5) is 36.7. The number of fused-ring (bicyclic) bond motifs is 1. The number of anilines is 1. The Labute approximate surface area is 160 Å². The van der Waals surface area contributed by atoms with Crippen molar-refractivity contribution in [2.24, 2.45) is 0 Å². The molecule has 3 aromatic rings. The summed E-state index contributed by atoms with van der Waals surface area (Å²) in [6.07, 6.45) is 1.49. The van der Waals surface area contributed by atoms with Crippen molar-refractivity contribution in [3.05, 3.63) is 58.5 Å². The van der Waals surface area contributed by atoms with Gasteiger partial charge in [0.1, 0.15) is 6.54 Å². The molecule has 3 rings (SSSR count). The number of carbonyl (C=O) groups is 2. The van der Waals surface area contributed by atoms with Crippen LogP contribution in [0.1, 0.15) is 17.3 Å². The molecule has 28 heavy (non-hydrogen) atoms. The van der Waals surface area contributed by atoms with Crippen molar-refractivity contribution >= 4 is 28.2 Å². The SMILES string of the molecule is COc1ccc2cnn(CC(=O)Nc3cccc(C(C)=O)c3)c(=O)c2c1OC. The van der Waals surface area contributed by atoms with E-state index < -0.39 is 11.5 Å². The molecule has 1 aromatic heterocycles. The van der Waals surface area contributed by atoms with Crippen molar-refractivity contribution in [2.75, 3.05) is 19.5 Å². The van der Waals surface area contributed by atoms with Crippen LogP contribution in [-0.2, 0) is 11.3 Å². The van der Waals surface area contributed by atoms with Crippen LogP contribution >= 0.6 is 0 Å². The average molecular weight is 381 g/mol. The number of carbonyl (C=O) groups excluding carboxylic acids is 2. The van der Waals surface area contributed by atoms with Gasteiger partial charge in [-0.1, -0.05) is 12.1 Å². The number of rotatable bonds is 6. The van der Waals surface area contributed by atoms with Gasteiger partial charge in [0.15, 0.2) is 17.3 Å². The summed E-state index contributed by atoms with van der Waals surface area (Å²) >= 11 is 0. The van der Waals surface area contributed by atoms with E-state index in [1.165, 1.54) is 27.3 Å². The second kappa shape index (κ2) is 7.91. The topological polar surface area (TPSA) is 99.5 Å². The predicted octanol–water partition coefficient (Wildman–Crippen LogP) is 2.25. The summed E-state index contributed by atoms with van der Waals surface area (Å²) < 4.78 is 11.6. The van der Waals surface area contributed by atoms with Crippen LogP contribution in [0.25, 0.3) is 10.8 Å². The summed E-state index contributed by atoms with van der Waals surface area (Å²) in [7, 11) is 2.92. The van der Waals surface area contributed by atoms with Gasteiger partial charge in [-0.2, -0.15) is 5.10 Å². The van der Waals surface area contributed by atoms with E-state index in [4.69, 9.17) is 9.47 Å². The van der Waals surface area contributed by atoms with Gasteiger partial charge in [-0.15, -0.1) is 0 Å². The van der Waals surface area contributed by atoms with Crippen molar-refractivity contribution in [1.82, 2.24) is 9.78 Å². The van der Waals surface area contributed by atoms with Crippen LogP contribution in [0.2, 0.25) is 0 Å². The van der Waals surface area contributed by atoms with E-state index in [0.717, 1.165) is 4.68 Å². The quantitative estimate of drug-likeness (QED) is 0.658. The van der Waals surface area contributed by atoms with Crippen LogP contribution in [0, 0.1) is 0 Å². The summed E-state index contributed by atoms with van der Waals surface area (Å²) in [6, 6.07) is 9.95. The van der Waals surface area contributed by atoms with Gasteiger partial charge in [0.25, 0.3) is 5.56 Å². The molecule has 0 atom stereocenters. The van der Waals surface area contributed by atoms with E-state index in [1.807, 2.05) is 0 Å². The smallest absolute Gasteiger partial charge is 0.279 e. The predicted molar refractivity (Wildman–Crippen MR) is 104 cm³/mol. The molecule has 0 radical (unpaired) electrons. The van der Waals surface area contributed by atoms with E-state index >= 15 is 0 Å². The Hall–Kier alpha value is -3.68. The van der Waals surface area contributed by atoms with E-state index in [1.54, 1.807) is 36.4 Å². The molecular formula is C20H19N3O5. The molecule has 0 bridgehead atoms. The Morgan fingerprint density at radius 2 is 1.93 bits per heavy atom. The summed E-state index contributed by atoms with van der Waals surface area (Å²) in [5.74, 6) is 0.145. The molecule has 0 aliphatic rings. The van der Waals surface area contributed by atoms with Crippen LogP contribution in [0.5, 0.6) is 11.5 Å². The molecule has 8 nitrogen and oxygen atoms in total. The lowest BCUT2D eigenvalue weighted by atomic mass is 10.1. The van der Waals surface area contributed by atoms with Gasteiger partial charge < -0.3 is 14.8 Å². The Morgan fingerprint density at radius 3 is 2.61 bits per heavy atom. The van der Waals surface area contributed by atoms with E-state index in [9.17, 15) is 14.4 Å². The van der Waals surface area contributed by atoms with Gasteiger partial charge in [0.2, 0.25) is 5.91 Å². The normalized spacial score (nSPS) is 10.5. The first-order valence-corrected chi connectivity index (χ1v) is 8.46. The molecule has 0 saturated carbocycles. The highest BCUT2D eigenvalue weighted by Gasteiger charge is 2.16. The highest BCUT2D eigenvalue weighted by Crippen LogP contribution is 2.32. The molecule has 1 amide bonds. The fourth-order valence-electron chi connectivity index (χ4n) is 2.85. The standard InChI is InChI=1S/C20H19N3O5/c1-12(24)13-5-4-6-15(9-13)22-17(25)11-23-20(26)18-14(10-21-23)7-8-16(27-2)19(18)28-3/h4-10H,11H2,1-3H3,(H,22,25). The second-order valence-electron chi connectivity index (χ2n) is 6.06. The van der Waals surface area contributed by atoms with Gasteiger partial charge in [0.05, 0.1) is 25.8 Å². The average Bonchev–Trinajstić information content (AvgIpc) is 2.69. The first kappa shape index (κ1) is 19.1. The summed E-state index contributed by atoms with van der Waals surface area (Å²) in [5, 5.41) is 7.58. The van der Waals surface area contributed by atoms with E-state index in [-0.39, 0.29) is 23.5 Å². The first-order valence-electron chi connectivity index (χ1n) is 8.46. The largest absolute Gasteiger partial charge is 0.493 e. The highest BCUT2D eigenvalue weighted by atomic mass is 16.5. The first-order chi connectivity index (χ1) is 13.4. The number of amides is 1. The number of methoxy groups -OCH3 is 2.